The predicted molar refractivity (Wildman–Crippen MR) is 69.9 cm³/mol. The second-order valence-electron chi connectivity index (χ2n) is 4.11. The first-order valence-corrected chi connectivity index (χ1v) is 6.33. The van der Waals surface area contributed by atoms with Crippen molar-refractivity contribution < 1.29 is 14.9 Å². The number of alkyl halides is 3. The highest BCUT2D eigenvalue weighted by Crippen LogP contribution is 2.41. The van der Waals surface area contributed by atoms with Gasteiger partial charge < -0.3 is 5.11 Å². The van der Waals surface area contributed by atoms with Gasteiger partial charge in [-0.2, -0.15) is 5.48 Å². The molecule has 1 heterocycles. The molecule has 19 heavy (non-hydrogen) atoms. The van der Waals surface area contributed by atoms with Crippen molar-refractivity contribution in [1.29, 1.82) is 0 Å². The Labute approximate surface area is 123 Å². The van der Waals surface area contributed by atoms with Crippen LogP contribution in [0.1, 0.15) is 12.0 Å². The minimum Gasteiger partial charge on any atom is -0.361 e. The first kappa shape index (κ1) is 14.8. The minimum absolute atomic E-state index is 0.00130. The van der Waals surface area contributed by atoms with Gasteiger partial charge in [-0.25, -0.2) is 0 Å². The fourth-order valence-electron chi connectivity index (χ4n) is 1.73. The lowest BCUT2D eigenvalue weighted by Gasteiger charge is -2.21. The van der Waals surface area contributed by atoms with Crippen LogP contribution in [-0.2, 0) is 10.6 Å². The van der Waals surface area contributed by atoms with E-state index in [1.54, 1.807) is 0 Å². The van der Waals surface area contributed by atoms with Crippen molar-refractivity contribution in [3.8, 4) is 0 Å². The van der Waals surface area contributed by atoms with E-state index < -0.39 is 20.5 Å². The minimum atomic E-state index is -1.69. The van der Waals surface area contributed by atoms with Crippen LogP contribution >= 0.6 is 34.8 Å². The zero-order valence-corrected chi connectivity index (χ0v) is 11.6. The number of nitrogens with one attached hydrogen (secondary N) is 1. The van der Waals surface area contributed by atoms with Crippen molar-refractivity contribution in [3.05, 3.63) is 39.9 Å². The summed E-state index contributed by atoms with van der Waals surface area (Å²) < 4.78 is -1.63. The van der Waals surface area contributed by atoms with Crippen LogP contribution in [0.3, 0.4) is 0 Å². The first-order valence-electron chi connectivity index (χ1n) is 5.20. The van der Waals surface area contributed by atoms with Gasteiger partial charge >= 0.3 is 0 Å². The summed E-state index contributed by atoms with van der Waals surface area (Å²) in [5, 5.41) is 20.8. The van der Waals surface area contributed by atoms with E-state index in [0.29, 0.717) is 5.56 Å². The van der Waals surface area contributed by atoms with Crippen molar-refractivity contribution in [2.24, 2.45) is 0 Å². The number of benzene rings is 1. The molecule has 2 unspecified atom stereocenters. The molecule has 0 amide bonds. The molecule has 104 valence electrons. The number of non-ortho nitro benzene ring substituents is 1. The van der Waals surface area contributed by atoms with Gasteiger partial charge in [0.05, 0.1) is 11.0 Å². The van der Waals surface area contributed by atoms with Crippen LogP contribution in [0.4, 0.5) is 5.69 Å². The molecule has 1 aliphatic heterocycles. The number of nitro benzene ring substituents is 1. The molecule has 2 N–H and O–H groups in total. The summed E-state index contributed by atoms with van der Waals surface area (Å²) in [6.45, 7) is 0. The van der Waals surface area contributed by atoms with Crippen LogP contribution < -0.4 is 5.48 Å². The van der Waals surface area contributed by atoms with Gasteiger partial charge in [-0.1, -0.05) is 34.8 Å². The third-order valence-electron chi connectivity index (χ3n) is 2.78. The summed E-state index contributed by atoms with van der Waals surface area (Å²) in [5.41, 5.74) is 2.69. The van der Waals surface area contributed by atoms with Crippen LogP contribution in [0, 0.1) is 10.1 Å². The fraction of sp³-hybridized carbons (Fsp3) is 0.400. The van der Waals surface area contributed by atoms with Crippen molar-refractivity contribution in [2.45, 2.75) is 22.0 Å². The Kier molecular flexibility index (Phi) is 3.92. The van der Waals surface area contributed by atoms with Crippen LogP contribution in [0.5, 0.6) is 0 Å². The van der Waals surface area contributed by atoms with E-state index in [0.717, 1.165) is 0 Å². The SMILES string of the molecule is O=[N+]([O-])c1ccc(C2(O)CC(C(Cl)(Cl)Cl)NO2)cc1. The maximum atomic E-state index is 10.5. The van der Waals surface area contributed by atoms with Crippen molar-refractivity contribution in [2.75, 3.05) is 0 Å². The molecular weight excluding hydrogens is 318 g/mol. The molecule has 1 aromatic rings. The summed E-state index contributed by atoms with van der Waals surface area (Å²) in [6.07, 6.45) is 0.00130. The second kappa shape index (κ2) is 5.05. The van der Waals surface area contributed by atoms with Gasteiger partial charge in [-0.3, -0.25) is 15.0 Å². The maximum absolute atomic E-state index is 10.5. The summed E-state index contributed by atoms with van der Waals surface area (Å²) in [7, 11) is 0. The third-order valence-corrected chi connectivity index (χ3v) is 3.57. The molecule has 1 fully saturated rings. The molecule has 2 rings (SSSR count). The number of hydrogen-bond acceptors (Lipinski definition) is 5. The third kappa shape index (κ3) is 3.10. The topological polar surface area (TPSA) is 84.6 Å². The normalized spacial score (nSPS) is 27.5. The van der Waals surface area contributed by atoms with E-state index in [4.69, 9.17) is 39.6 Å². The largest absolute Gasteiger partial charge is 0.361 e. The number of hydroxylamine groups is 1. The van der Waals surface area contributed by atoms with E-state index in [-0.39, 0.29) is 12.1 Å². The van der Waals surface area contributed by atoms with Gasteiger partial charge in [-0.15, -0.1) is 0 Å². The van der Waals surface area contributed by atoms with E-state index in [2.05, 4.69) is 5.48 Å². The van der Waals surface area contributed by atoms with Gasteiger partial charge in [0, 0.05) is 24.1 Å². The molecule has 1 aliphatic rings. The molecular formula is C10H9Cl3N2O4. The van der Waals surface area contributed by atoms with Gasteiger partial charge in [0.15, 0.2) is 0 Å². The average Bonchev–Trinajstić information content (AvgIpc) is 2.73. The molecule has 0 spiro atoms. The number of halogens is 3. The molecule has 0 radical (unpaired) electrons. The van der Waals surface area contributed by atoms with Crippen molar-refractivity contribution in [3.63, 3.8) is 0 Å². The second-order valence-corrected chi connectivity index (χ2v) is 6.48. The Morgan fingerprint density at radius 1 is 1.42 bits per heavy atom. The molecule has 6 nitrogen and oxygen atoms in total. The highest BCUT2D eigenvalue weighted by Gasteiger charge is 2.48. The summed E-state index contributed by atoms with van der Waals surface area (Å²) >= 11 is 17.1. The lowest BCUT2D eigenvalue weighted by molar-refractivity contribution is -0.384. The highest BCUT2D eigenvalue weighted by molar-refractivity contribution is 6.68. The van der Waals surface area contributed by atoms with Crippen LogP contribution in [-0.4, -0.2) is 19.9 Å². The van der Waals surface area contributed by atoms with Gasteiger partial charge in [0.1, 0.15) is 0 Å². The Balaban J connectivity index is 2.20. The number of nitrogens with zero attached hydrogens (tertiary/aromatic N) is 1. The zero-order chi connectivity index (χ0) is 14.3. The fourth-order valence-corrected chi connectivity index (χ4v) is 2.10. The Morgan fingerprint density at radius 3 is 2.42 bits per heavy atom. The van der Waals surface area contributed by atoms with E-state index >= 15 is 0 Å². The standard InChI is InChI=1S/C10H9Cl3N2O4/c11-10(12,13)8-5-9(16,19-14-8)6-1-3-7(4-2-6)15(17)18/h1-4,8,14,16H,5H2. The molecule has 0 saturated carbocycles. The van der Waals surface area contributed by atoms with Gasteiger partial charge in [-0.05, 0) is 12.1 Å². The van der Waals surface area contributed by atoms with Crippen LogP contribution in [0.2, 0.25) is 0 Å². The monoisotopic (exact) mass is 326 g/mol. The van der Waals surface area contributed by atoms with Gasteiger partial charge in [0.25, 0.3) is 5.69 Å². The molecule has 0 aliphatic carbocycles. The molecule has 0 bridgehead atoms. The molecule has 1 saturated heterocycles. The molecule has 2 atom stereocenters. The Hall–Kier alpha value is -0.630. The lowest BCUT2D eigenvalue weighted by Crippen LogP contribution is -2.33. The van der Waals surface area contributed by atoms with Crippen LogP contribution in [0.15, 0.2) is 24.3 Å². The number of hydrogen-bond donors (Lipinski definition) is 2. The Bertz CT molecular complexity index is 491. The van der Waals surface area contributed by atoms with Crippen molar-refractivity contribution in [1.82, 2.24) is 5.48 Å². The van der Waals surface area contributed by atoms with Crippen LogP contribution in [0.25, 0.3) is 0 Å². The van der Waals surface area contributed by atoms with Crippen molar-refractivity contribution >= 4 is 40.5 Å². The molecule has 1 aromatic carbocycles. The smallest absolute Gasteiger partial charge is 0.269 e. The van der Waals surface area contributed by atoms with Gasteiger partial charge in [0.2, 0.25) is 9.58 Å². The Morgan fingerprint density at radius 2 is 2.00 bits per heavy atom. The average molecular weight is 328 g/mol. The summed E-state index contributed by atoms with van der Waals surface area (Å²) in [6, 6.07) is 4.61. The summed E-state index contributed by atoms with van der Waals surface area (Å²) in [5.74, 6) is -1.69. The molecule has 0 aromatic heterocycles. The predicted octanol–water partition coefficient (Wildman–Crippen LogP) is 2.40. The van der Waals surface area contributed by atoms with E-state index in [9.17, 15) is 15.2 Å². The van der Waals surface area contributed by atoms with E-state index in [1.165, 1.54) is 24.3 Å². The summed E-state index contributed by atoms with van der Waals surface area (Å²) in [4.78, 5) is 15.1. The number of aliphatic hydroxyl groups is 1. The number of nitro groups is 1. The quantitative estimate of drug-likeness (QED) is 0.495. The van der Waals surface area contributed by atoms with E-state index in [1.807, 2.05) is 0 Å². The maximum Gasteiger partial charge on any atom is 0.269 e. The molecule has 9 heteroatoms. The highest BCUT2D eigenvalue weighted by atomic mass is 35.6. The lowest BCUT2D eigenvalue weighted by atomic mass is 10.00. The number of rotatable bonds is 2. The first-order chi connectivity index (χ1) is 8.72. The zero-order valence-electron chi connectivity index (χ0n) is 9.35.